The van der Waals surface area contributed by atoms with Crippen molar-refractivity contribution in [1.29, 1.82) is 5.26 Å². The van der Waals surface area contributed by atoms with Gasteiger partial charge in [-0.2, -0.15) is 18.4 Å². The molecule has 0 radical (unpaired) electrons. The number of fused-ring (bicyclic) bond motifs is 2. The first-order valence-corrected chi connectivity index (χ1v) is 16.5. The number of piperidine rings is 1. The van der Waals surface area contributed by atoms with Crippen LogP contribution in [0, 0.1) is 18.3 Å². The summed E-state index contributed by atoms with van der Waals surface area (Å²) in [5.41, 5.74) is 1.60. The number of likely N-dealkylation sites (tertiary alicyclic amines) is 1. The van der Waals surface area contributed by atoms with E-state index in [1.54, 1.807) is 43.1 Å². The zero-order valence-corrected chi connectivity index (χ0v) is 27.9. The van der Waals surface area contributed by atoms with Crippen LogP contribution in [0.25, 0.3) is 32.2 Å². The maximum atomic E-state index is 13.9. The van der Waals surface area contributed by atoms with Gasteiger partial charge in [0.2, 0.25) is 0 Å². The average Bonchev–Trinajstić information content (AvgIpc) is 3.50. The van der Waals surface area contributed by atoms with Gasteiger partial charge in [0.1, 0.15) is 35.6 Å². The van der Waals surface area contributed by atoms with Gasteiger partial charge in [0.15, 0.2) is 0 Å². The van der Waals surface area contributed by atoms with Crippen molar-refractivity contribution >= 4 is 55.8 Å². The number of carboxylic acid groups (broad SMARTS) is 1. The fourth-order valence-corrected chi connectivity index (χ4v) is 7.42. The van der Waals surface area contributed by atoms with E-state index in [0.29, 0.717) is 50.8 Å². The third-order valence-electron chi connectivity index (χ3n) is 8.61. The fourth-order valence-electron chi connectivity index (χ4n) is 6.22. The summed E-state index contributed by atoms with van der Waals surface area (Å²) in [5.74, 6) is 0.0251. The first-order valence-electron chi connectivity index (χ1n) is 15.2. The van der Waals surface area contributed by atoms with Gasteiger partial charge in [0.05, 0.1) is 46.0 Å². The summed E-state index contributed by atoms with van der Waals surface area (Å²) in [6.07, 6.45) is -0.434. The van der Waals surface area contributed by atoms with Crippen molar-refractivity contribution < 1.29 is 27.8 Å². The molecule has 5 aromatic rings. The van der Waals surface area contributed by atoms with Gasteiger partial charge < -0.3 is 14.7 Å². The van der Waals surface area contributed by atoms with Crippen LogP contribution in [-0.2, 0) is 6.54 Å². The Morgan fingerprint density at radius 1 is 1.22 bits per heavy atom. The molecule has 1 aliphatic rings. The molecule has 49 heavy (non-hydrogen) atoms. The molecular formula is C33H29ClF3N7O4S. The van der Waals surface area contributed by atoms with Crippen LogP contribution < -0.4 is 15.2 Å². The number of hydrogen-bond acceptors (Lipinski definition) is 10. The van der Waals surface area contributed by atoms with Crippen molar-refractivity contribution in [1.82, 2.24) is 24.4 Å². The molecule has 6 rings (SSSR count). The Labute approximate surface area is 286 Å². The van der Waals surface area contributed by atoms with Gasteiger partial charge in [-0.15, -0.1) is 11.3 Å². The molecule has 1 N–H and O–H groups in total. The molecule has 1 saturated heterocycles. The lowest BCUT2D eigenvalue weighted by molar-refractivity contribution is -0.147. The number of aromatic carboxylic acids is 1. The molecule has 1 aromatic carbocycles. The number of halogens is 4. The molecule has 0 saturated carbocycles. The molecule has 0 unspecified atom stereocenters. The van der Waals surface area contributed by atoms with E-state index < -0.39 is 24.2 Å². The zero-order valence-electron chi connectivity index (χ0n) is 26.3. The molecule has 16 heteroatoms. The van der Waals surface area contributed by atoms with Crippen LogP contribution in [0.4, 0.5) is 19.0 Å². The van der Waals surface area contributed by atoms with E-state index in [1.807, 2.05) is 0 Å². The third-order valence-corrected chi connectivity index (χ3v) is 9.85. The van der Waals surface area contributed by atoms with E-state index in [-0.39, 0.29) is 60.1 Å². The molecule has 0 amide bonds. The van der Waals surface area contributed by atoms with Crippen LogP contribution in [0.15, 0.2) is 46.8 Å². The molecule has 1 fully saturated rings. The third kappa shape index (κ3) is 6.89. The Bertz CT molecular complexity index is 2170. The van der Waals surface area contributed by atoms with E-state index in [1.165, 1.54) is 38.6 Å². The van der Waals surface area contributed by atoms with Crippen molar-refractivity contribution in [2.24, 2.45) is 0 Å². The normalized spacial score (nSPS) is 14.3. The second kappa shape index (κ2) is 13.6. The van der Waals surface area contributed by atoms with Crippen molar-refractivity contribution in [3.8, 4) is 22.9 Å². The first-order chi connectivity index (χ1) is 23.4. The SMILES string of the molecule is Cc1nc2cnc(N(C)C3CCN(CC(F)(F)F)CC3)c(C#N)c2c(=O)n1CCOc1ccc(Cl)cc1-c1ccnc2c(C(=O)O)csc12. The summed E-state index contributed by atoms with van der Waals surface area (Å²) in [4.78, 5) is 42.0. The van der Waals surface area contributed by atoms with Crippen LogP contribution in [-0.4, -0.2) is 81.0 Å². The minimum absolute atomic E-state index is 0.0395. The number of pyridine rings is 2. The molecular weight excluding hydrogens is 683 g/mol. The highest BCUT2D eigenvalue weighted by Crippen LogP contribution is 2.39. The summed E-state index contributed by atoms with van der Waals surface area (Å²) in [7, 11) is 1.73. The van der Waals surface area contributed by atoms with Gasteiger partial charge in [0.25, 0.3) is 5.56 Å². The molecule has 5 heterocycles. The lowest BCUT2D eigenvalue weighted by atomic mass is 10.0. The van der Waals surface area contributed by atoms with Crippen LogP contribution in [0.5, 0.6) is 5.75 Å². The zero-order chi connectivity index (χ0) is 35.0. The number of alkyl halides is 3. The molecule has 0 atom stereocenters. The van der Waals surface area contributed by atoms with Gasteiger partial charge in [-0.3, -0.25) is 19.2 Å². The summed E-state index contributed by atoms with van der Waals surface area (Å²) in [5, 5.41) is 21.9. The topological polar surface area (TPSA) is 137 Å². The number of benzene rings is 1. The van der Waals surface area contributed by atoms with E-state index in [9.17, 15) is 33.1 Å². The maximum Gasteiger partial charge on any atom is 0.401 e. The second-order valence-electron chi connectivity index (χ2n) is 11.7. The van der Waals surface area contributed by atoms with E-state index >= 15 is 0 Å². The molecule has 11 nitrogen and oxygen atoms in total. The number of nitrogens with zero attached hydrogens (tertiary/aromatic N) is 7. The van der Waals surface area contributed by atoms with Crippen molar-refractivity contribution in [2.45, 2.75) is 38.5 Å². The number of hydrogen-bond donors (Lipinski definition) is 1. The van der Waals surface area contributed by atoms with Gasteiger partial charge in [-0.05, 0) is 44.0 Å². The standard InChI is InChI=1S/C33H29ClF3N7O4S/c1-18-41-25-15-40-30(42(2)20-6-9-43(10-7-20)17-33(35,36)37)23(14-38)27(25)31(45)44(18)11-12-48-26-4-3-19(34)13-22(26)21-5-8-39-28-24(32(46)47)16-49-29(21)28/h3-5,8,13,15-16,20H,6-7,9-12,17H2,1-2H3,(H,46,47). The number of thiophene rings is 1. The van der Waals surface area contributed by atoms with Crippen LogP contribution in [0.3, 0.4) is 0 Å². The van der Waals surface area contributed by atoms with E-state index in [4.69, 9.17) is 16.3 Å². The van der Waals surface area contributed by atoms with Crippen molar-refractivity contribution in [3.05, 3.63) is 74.4 Å². The summed E-state index contributed by atoms with van der Waals surface area (Å²) in [6, 6.07) is 8.77. The molecule has 0 spiro atoms. The van der Waals surface area contributed by atoms with Gasteiger partial charge >= 0.3 is 12.1 Å². The van der Waals surface area contributed by atoms with Gasteiger partial charge in [-0.25, -0.2) is 14.8 Å². The number of aromatic nitrogens is 4. The van der Waals surface area contributed by atoms with Crippen LogP contribution in [0.2, 0.25) is 5.02 Å². The van der Waals surface area contributed by atoms with Gasteiger partial charge in [0, 0.05) is 53.9 Å². The number of aryl methyl sites for hydroxylation is 1. The monoisotopic (exact) mass is 711 g/mol. The summed E-state index contributed by atoms with van der Waals surface area (Å²) in [6.45, 7) is 1.31. The number of rotatable bonds is 9. The van der Waals surface area contributed by atoms with Crippen molar-refractivity contribution in [3.63, 3.8) is 0 Å². The predicted octanol–water partition coefficient (Wildman–Crippen LogP) is 6.14. The summed E-state index contributed by atoms with van der Waals surface area (Å²) >= 11 is 7.60. The quantitative estimate of drug-likeness (QED) is 0.190. The van der Waals surface area contributed by atoms with Crippen molar-refractivity contribution in [2.75, 3.05) is 38.2 Å². The minimum atomic E-state index is -4.27. The number of carboxylic acids is 1. The molecule has 254 valence electrons. The molecule has 4 aromatic heterocycles. The fraction of sp³-hybridized carbons (Fsp3) is 0.333. The highest BCUT2D eigenvalue weighted by molar-refractivity contribution is 7.18. The molecule has 0 bridgehead atoms. The van der Waals surface area contributed by atoms with Gasteiger partial charge in [-0.1, -0.05) is 11.6 Å². The number of carbonyl (C=O) groups is 1. The smallest absolute Gasteiger partial charge is 0.401 e. The highest BCUT2D eigenvalue weighted by atomic mass is 35.5. The van der Waals surface area contributed by atoms with E-state index in [2.05, 4.69) is 21.0 Å². The lowest BCUT2D eigenvalue weighted by Gasteiger charge is -2.37. The lowest BCUT2D eigenvalue weighted by Crippen LogP contribution is -2.46. The Morgan fingerprint density at radius 2 is 1.98 bits per heavy atom. The maximum absolute atomic E-state index is 13.9. The second-order valence-corrected chi connectivity index (χ2v) is 13.0. The Hall–Kier alpha value is -4.78. The van der Waals surface area contributed by atoms with Crippen LogP contribution in [0.1, 0.15) is 34.6 Å². The largest absolute Gasteiger partial charge is 0.491 e. The molecule has 1 aliphatic heterocycles. The van der Waals surface area contributed by atoms with E-state index in [0.717, 1.165) is 0 Å². The highest BCUT2D eigenvalue weighted by Gasteiger charge is 2.34. The number of ether oxygens (including phenoxy) is 1. The first kappa shape index (κ1) is 34.1. The Balaban J connectivity index is 1.26. The molecule has 0 aliphatic carbocycles. The number of anilines is 1. The minimum Gasteiger partial charge on any atom is -0.491 e. The number of nitriles is 1. The Morgan fingerprint density at radius 3 is 2.67 bits per heavy atom. The van der Waals surface area contributed by atoms with Crippen LogP contribution >= 0.6 is 22.9 Å². The Kier molecular flexibility index (Phi) is 9.47. The average molecular weight is 712 g/mol. The predicted molar refractivity (Wildman–Crippen MR) is 180 cm³/mol. The summed E-state index contributed by atoms with van der Waals surface area (Å²) < 4.78 is 46.9.